The Kier molecular flexibility index (Phi) is 17.2. The average Bonchev–Trinajstić information content (AvgIpc) is 3.37. The van der Waals surface area contributed by atoms with E-state index in [1.807, 2.05) is 146 Å². The quantitative estimate of drug-likeness (QED) is 0.0395. The fourth-order valence-electron chi connectivity index (χ4n) is 6.26. The third kappa shape index (κ3) is 13.5. The number of carbonyl (C=O) groups excluding carboxylic acids is 2. The number of hydrogen-bond donors (Lipinski definition) is 0. The van der Waals surface area contributed by atoms with E-state index >= 15 is 0 Å². The largest absolute Gasteiger partial charge is 0.679 e. The molecule has 12 nitrogen and oxygen atoms in total. The first kappa shape index (κ1) is 46.5. The van der Waals surface area contributed by atoms with Crippen molar-refractivity contribution in [2.45, 2.75) is 0 Å². The SMILES string of the molecule is C=CC(=O)OCCOc1ccc(-c2cc(-c3ccccn3)nc(-c3ccccn3)c2)cc1.C=CC(=O)OCCOc1ccc(-c2cc(C3=CC=CC[N-]3)nc(-c3ccccn3)c2)cc1.[Fe]. The Morgan fingerprint density at radius 2 is 0.938 bits per heavy atom. The summed E-state index contributed by atoms with van der Waals surface area (Å²) >= 11 is 0. The Hall–Kier alpha value is -7.99. The first-order chi connectivity index (χ1) is 31.4. The molecule has 0 amide bonds. The summed E-state index contributed by atoms with van der Waals surface area (Å²) in [6.45, 7) is 8.23. The Labute approximate surface area is 388 Å². The second-order valence-corrected chi connectivity index (χ2v) is 13.7. The van der Waals surface area contributed by atoms with Gasteiger partial charge in [0.25, 0.3) is 0 Å². The first-order valence-corrected chi connectivity index (χ1v) is 20.3. The van der Waals surface area contributed by atoms with Gasteiger partial charge in [-0.2, -0.15) is 0 Å². The van der Waals surface area contributed by atoms with Gasteiger partial charge in [-0.15, -0.1) is 18.3 Å². The summed E-state index contributed by atoms with van der Waals surface area (Å²) in [6, 6.07) is 40.8. The van der Waals surface area contributed by atoms with Crippen LogP contribution in [0.5, 0.6) is 11.5 Å². The van der Waals surface area contributed by atoms with Gasteiger partial charge in [0, 0.05) is 53.5 Å². The van der Waals surface area contributed by atoms with Gasteiger partial charge < -0.3 is 24.3 Å². The number of allylic oxidation sites excluding steroid dienone is 2. The van der Waals surface area contributed by atoms with Crippen molar-refractivity contribution < 1.29 is 45.6 Å². The Balaban J connectivity index is 0.000000212. The summed E-state index contributed by atoms with van der Waals surface area (Å²) in [5.41, 5.74) is 10.4. The van der Waals surface area contributed by atoms with Crippen LogP contribution in [-0.2, 0) is 36.1 Å². The number of nitrogens with zero attached hydrogens (tertiary/aromatic N) is 6. The molecule has 7 aromatic rings. The van der Waals surface area contributed by atoms with E-state index in [9.17, 15) is 9.59 Å². The van der Waals surface area contributed by atoms with Gasteiger partial charge in [0.2, 0.25) is 0 Å². The summed E-state index contributed by atoms with van der Waals surface area (Å²) in [4.78, 5) is 45.1. The molecular weight excluding hydrogens is 860 g/mol. The molecule has 65 heavy (non-hydrogen) atoms. The van der Waals surface area contributed by atoms with Crippen molar-refractivity contribution in [3.8, 4) is 67.9 Å². The maximum atomic E-state index is 11.1. The van der Waals surface area contributed by atoms with Crippen molar-refractivity contribution in [1.29, 1.82) is 0 Å². The predicted octanol–water partition coefficient (Wildman–Crippen LogP) is 10.2. The normalized spacial score (nSPS) is 11.2. The number of hydrogen-bond acceptors (Lipinski definition) is 11. The van der Waals surface area contributed by atoms with Crippen LogP contribution in [0.1, 0.15) is 5.69 Å². The van der Waals surface area contributed by atoms with E-state index in [4.69, 9.17) is 28.9 Å². The minimum absolute atomic E-state index is 0. The maximum absolute atomic E-state index is 11.1. The van der Waals surface area contributed by atoms with E-state index in [2.05, 4.69) is 33.4 Å². The average molecular weight is 904 g/mol. The van der Waals surface area contributed by atoms with Crippen LogP contribution in [0.2, 0.25) is 0 Å². The molecule has 0 spiro atoms. The Bertz CT molecular complexity index is 2680. The zero-order valence-corrected chi connectivity index (χ0v) is 36.3. The van der Waals surface area contributed by atoms with Crippen LogP contribution in [0.15, 0.2) is 190 Å². The van der Waals surface area contributed by atoms with Crippen LogP contribution in [0, 0.1) is 0 Å². The summed E-state index contributed by atoms with van der Waals surface area (Å²) in [5.74, 6) is 0.454. The molecule has 6 heterocycles. The molecule has 0 atom stereocenters. The molecule has 0 saturated heterocycles. The molecule has 0 bridgehead atoms. The molecule has 13 heteroatoms. The van der Waals surface area contributed by atoms with Crippen molar-refractivity contribution in [2.24, 2.45) is 0 Å². The molecule has 326 valence electrons. The van der Waals surface area contributed by atoms with E-state index in [1.54, 1.807) is 18.6 Å². The summed E-state index contributed by atoms with van der Waals surface area (Å²) in [6.07, 6.45) is 13.5. The Morgan fingerprint density at radius 1 is 0.523 bits per heavy atom. The summed E-state index contributed by atoms with van der Waals surface area (Å²) in [5, 5.41) is 4.57. The van der Waals surface area contributed by atoms with Crippen LogP contribution >= 0.6 is 0 Å². The van der Waals surface area contributed by atoms with Gasteiger partial charge in [-0.1, -0.05) is 67.8 Å². The third-order valence-electron chi connectivity index (χ3n) is 9.35. The minimum Gasteiger partial charge on any atom is -0.679 e. The Morgan fingerprint density at radius 3 is 1.31 bits per heavy atom. The van der Waals surface area contributed by atoms with Crippen molar-refractivity contribution >= 4 is 17.6 Å². The van der Waals surface area contributed by atoms with Gasteiger partial charge >= 0.3 is 11.9 Å². The molecule has 0 N–H and O–H groups in total. The molecule has 0 aliphatic carbocycles. The van der Waals surface area contributed by atoms with Gasteiger partial charge in [0.05, 0.1) is 34.2 Å². The maximum Gasteiger partial charge on any atom is 0.330 e. The first-order valence-electron chi connectivity index (χ1n) is 20.3. The van der Waals surface area contributed by atoms with Crippen LogP contribution in [0.3, 0.4) is 0 Å². The zero-order chi connectivity index (χ0) is 44.4. The fourth-order valence-corrected chi connectivity index (χ4v) is 6.26. The molecule has 2 aromatic carbocycles. The second-order valence-electron chi connectivity index (χ2n) is 13.7. The number of benzene rings is 2. The number of esters is 2. The number of ether oxygens (including phenoxy) is 4. The number of pyridine rings is 5. The van der Waals surface area contributed by atoms with Gasteiger partial charge in [-0.25, -0.2) is 19.6 Å². The minimum atomic E-state index is -0.464. The molecule has 0 fully saturated rings. The van der Waals surface area contributed by atoms with Crippen molar-refractivity contribution in [2.75, 3.05) is 33.0 Å². The van der Waals surface area contributed by atoms with Crippen LogP contribution in [0.25, 0.3) is 67.4 Å². The number of carbonyl (C=O) groups is 2. The van der Waals surface area contributed by atoms with Gasteiger partial charge in [0.1, 0.15) is 37.9 Å². The molecule has 5 aromatic heterocycles. The van der Waals surface area contributed by atoms with Crippen molar-refractivity contribution in [1.82, 2.24) is 24.9 Å². The van der Waals surface area contributed by atoms with E-state index in [-0.39, 0.29) is 43.5 Å². The molecule has 1 aliphatic rings. The van der Waals surface area contributed by atoms with Crippen LogP contribution in [0.4, 0.5) is 0 Å². The van der Waals surface area contributed by atoms with Crippen molar-refractivity contribution in [3.05, 3.63) is 201 Å². The molecule has 0 radical (unpaired) electrons. The van der Waals surface area contributed by atoms with Crippen molar-refractivity contribution in [3.63, 3.8) is 0 Å². The summed E-state index contributed by atoms with van der Waals surface area (Å²) in [7, 11) is 0. The molecule has 1 aliphatic heterocycles. The van der Waals surface area contributed by atoms with E-state index < -0.39 is 11.9 Å². The zero-order valence-electron chi connectivity index (χ0n) is 35.2. The third-order valence-corrected chi connectivity index (χ3v) is 9.35. The number of aromatic nitrogens is 5. The van der Waals surface area contributed by atoms with Crippen LogP contribution in [-0.4, -0.2) is 69.8 Å². The smallest absolute Gasteiger partial charge is 0.330 e. The van der Waals surface area contributed by atoms with Gasteiger partial charge in [0.15, 0.2) is 0 Å². The fraction of sp³-hybridized carbons (Fsp3) is 0.0962. The standard InChI is InChI=1S/C26H22N3O3.C26H21N3O3.Fe/c2*1-2-26(30)32-16-15-31-21-11-9-19(10-12-21)20-17-24(22-7-3-5-13-27-22)29-25(18-20)23-8-4-6-14-28-23;/h2-13,17-18H,1,14-16H2;2-14,17-18H,1,15-16H2;/q-1;;. The monoisotopic (exact) mass is 903 g/mol. The van der Waals surface area contributed by atoms with E-state index in [1.165, 1.54) is 0 Å². The predicted molar refractivity (Wildman–Crippen MR) is 248 cm³/mol. The van der Waals surface area contributed by atoms with E-state index in [0.717, 1.165) is 80.0 Å². The second kappa shape index (κ2) is 24.0. The molecule has 0 unspecified atom stereocenters. The van der Waals surface area contributed by atoms with Gasteiger partial charge in [-0.05, 0) is 107 Å². The topological polar surface area (TPSA) is 150 Å². The summed E-state index contributed by atoms with van der Waals surface area (Å²) < 4.78 is 21.1. The molecule has 8 rings (SSSR count). The van der Waals surface area contributed by atoms with Gasteiger partial charge in [-0.3, -0.25) is 15.0 Å². The molecular formula is C52H43FeN6O6-. The number of rotatable bonds is 16. The molecule has 0 saturated carbocycles. The van der Waals surface area contributed by atoms with E-state index in [0.29, 0.717) is 18.0 Å². The van der Waals surface area contributed by atoms with Crippen LogP contribution < -0.4 is 9.47 Å².